The number of hydrogen-bond donors (Lipinski definition) is 1. The van der Waals surface area contributed by atoms with Gasteiger partial charge in [-0.3, -0.25) is 0 Å². The minimum atomic E-state index is -0.513. The maximum Gasteiger partial charge on any atom is 0.146 e. The fourth-order valence-corrected chi connectivity index (χ4v) is 1.87. The highest BCUT2D eigenvalue weighted by Crippen LogP contribution is 2.19. The molecule has 1 atom stereocenters. The summed E-state index contributed by atoms with van der Waals surface area (Å²) in [6.07, 6.45) is 3.09. The minimum absolute atomic E-state index is 0.130. The number of hydrogen-bond acceptors (Lipinski definition) is 1. The van der Waals surface area contributed by atoms with E-state index in [0.717, 1.165) is 5.56 Å². The van der Waals surface area contributed by atoms with Crippen molar-refractivity contribution in [3.8, 4) is 0 Å². The average molecular weight is 254 g/mol. The molecule has 17 heavy (non-hydrogen) atoms. The van der Waals surface area contributed by atoms with Crippen molar-refractivity contribution in [2.45, 2.75) is 19.6 Å². The summed E-state index contributed by atoms with van der Waals surface area (Å²) in [7, 11) is 0. The normalized spacial score (nSPS) is 12.7. The van der Waals surface area contributed by atoms with Crippen LogP contribution in [-0.2, 0) is 6.54 Å². The van der Waals surface area contributed by atoms with Crippen LogP contribution in [-0.4, -0.2) is 9.67 Å². The number of aliphatic hydroxyl groups is 1. The summed E-state index contributed by atoms with van der Waals surface area (Å²) in [5, 5.41) is 9.52. The maximum atomic E-state index is 13.7. The molecule has 0 amide bonds. The van der Waals surface area contributed by atoms with E-state index in [4.69, 9.17) is 11.6 Å². The molecule has 1 aromatic carbocycles. The third kappa shape index (κ3) is 2.68. The van der Waals surface area contributed by atoms with E-state index in [1.165, 1.54) is 6.07 Å². The predicted molar refractivity (Wildman–Crippen MR) is 65.6 cm³/mol. The molecule has 0 bridgehead atoms. The lowest BCUT2D eigenvalue weighted by Crippen LogP contribution is -2.00. The van der Waals surface area contributed by atoms with Crippen LogP contribution in [0.15, 0.2) is 36.7 Å². The van der Waals surface area contributed by atoms with Crippen LogP contribution >= 0.6 is 11.6 Å². The van der Waals surface area contributed by atoms with E-state index < -0.39 is 6.10 Å². The third-order valence-electron chi connectivity index (χ3n) is 2.64. The second-order valence-electron chi connectivity index (χ2n) is 4.01. The first-order valence-electron chi connectivity index (χ1n) is 5.34. The molecule has 0 aliphatic heterocycles. The fraction of sp³-hybridized carbons (Fsp3) is 0.231. The monoisotopic (exact) mass is 253 g/mol. The van der Waals surface area contributed by atoms with E-state index in [2.05, 4.69) is 0 Å². The summed E-state index contributed by atoms with van der Waals surface area (Å²) in [5.41, 5.74) is 1.35. The number of aliphatic hydroxyl groups excluding tert-OH is 1. The molecule has 1 N–H and O–H groups in total. The van der Waals surface area contributed by atoms with Crippen LogP contribution in [0.4, 0.5) is 4.39 Å². The van der Waals surface area contributed by atoms with Gasteiger partial charge in [0.2, 0.25) is 0 Å². The Bertz CT molecular complexity index is 522. The Morgan fingerprint density at radius 3 is 2.82 bits per heavy atom. The Balaban J connectivity index is 2.22. The number of benzene rings is 1. The van der Waals surface area contributed by atoms with Crippen LogP contribution in [0.3, 0.4) is 0 Å². The Labute approximate surface area is 104 Å². The van der Waals surface area contributed by atoms with E-state index in [1.54, 1.807) is 25.3 Å². The highest BCUT2D eigenvalue weighted by molar-refractivity contribution is 6.30. The van der Waals surface area contributed by atoms with Gasteiger partial charge in [0.25, 0.3) is 0 Å². The summed E-state index contributed by atoms with van der Waals surface area (Å²) in [6.45, 7) is 2.10. The van der Waals surface area contributed by atoms with Gasteiger partial charge in [0.1, 0.15) is 5.82 Å². The standard InChI is InChI=1S/C13H13ClFNO/c1-9(17)10-5-6-16(7-10)8-11-3-2-4-12(14)13(11)15/h2-7,9,17H,8H2,1H3. The highest BCUT2D eigenvalue weighted by atomic mass is 35.5. The predicted octanol–water partition coefficient (Wildman–Crippen LogP) is 3.38. The second-order valence-corrected chi connectivity index (χ2v) is 4.41. The van der Waals surface area contributed by atoms with Gasteiger partial charge in [-0.1, -0.05) is 23.7 Å². The van der Waals surface area contributed by atoms with E-state index in [9.17, 15) is 9.50 Å². The lowest BCUT2D eigenvalue weighted by atomic mass is 10.2. The summed E-state index contributed by atoms with van der Waals surface area (Å²) in [4.78, 5) is 0. The Kier molecular flexibility index (Phi) is 3.50. The van der Waals surface area contributed by atoms with Crippen molar-refractivity contribution < 1.29 is 9.50 Å². The molecule has 2 rings (SSSR count). The van der Waals surface area contributed by atoms with Crippen molar-refractivity contribution in [1.29, 1.82) is 0 Å². The van der Waals surface area contributed by atoms with Crippen LogP contribution in [0.2, 0.25) is 5.02 Å². The zero-order valence-corrected chi connectivity index (χ0v) is 10.2. The number of halogens is 2. The number of nitrogens with zero attached hydrogens (tertiary/aromatic N) is 1. The smallest absolute Gasteiger partial charge is 0.146 e. The molecular formula is C13H13ClFNO. The van der Waals surface area contributed by atoms with Crippen molar-refractivity contribution in [3.63, 3.8) is 0 Å². The lowest BCUT2D eigenvalue weighted by molar-refractivity contribution is 0.199. The largest absolute Gasteiger partial charge is 0.389 e. The quantitative estimate of drug-likeness (QED) is 0.891. The molecule has 4 heteroatoms. The van der Waals surface area contributed by atoms with Crippen molar-refractivity contribution in [2.75, 3.05) is 0 Å². The van der Waals surface area contributed by atoms with Gasteiger partial charge in [-0.05, 0) is 24.6 Å². The van der Waals surface area contributed by atoms with E-state index in [0.29, 0.717) is 12.1 Å². The van der Waals surface area contributed by atoms with E-state index >= 15 is 0 Å². The van der Waals surface area contributed by atoms with Crippen molar-refractivity contribution in [2.24, 2.45) is 0 Å². The molecule has 0 aliphatic carbocycles. The van der Waals surface area contributed by atoms with Gasteiger partial charge in [0, 0.05) is 24.5 Å². The number of rotatable bonds is 3. The maximum absolute atomic E-state index is 13.7. The van der Waals surface area contributed by atoms with Gasteiger partial charge in [-0.25, -0.2) is 4.39 Å². The third-order valence-corrected chi connectivity index (χ3v) is 2.93. The molecule has 0 spiro atoms. The van der Waals surface area contributed by atoms with Crippen LogP contribution < -0.4 is 0 Å². The molecule has 1 unspecified atom stereocenters. The zero-order chi connectivity index (χ0) is 12.4. The van der Waals surface area contributed by atoms with Crippen molar-refractivity contribution >= 4 is 11.6 Å². The van der Waals surface area contributed by atoms with Crippen LogP contribution in [0.25, 0.3) is 0 Å². The van der Waals surface area contributed by atoms with Gasteiger partial charge >= 0.3 is 0 Å². The van der Waals surface area contributed by atoms with Crippen LogP contribution in [0, 0.1) is 5.82 Å². The molecule has 2 aromatic rings. The van der Waals surface area contributed by atoms with Gasteiger partial charge in [-0.2, -0.15) is 0 Å². The Morgan fingerprint density at radius 2 is 2.18 bits per heavy atom. The summed E-state index contributed by atoms with van der Waals surface area (Å²) in [6, 6.07) is 6.76. The second kappa shape index (κ2) is 4.90. The van der Waals surface area contributed by atoms with Crippen LogP contribution in [0.5, 0.6) is 0 Å². The molecule has 0 saturated carbocycles. The van der Waals surface area contributed by atoms with Gasteiger partial charge in [0.15, 0.2) is 0 Å². The molecule has 0 saturated heterocycles. The molecule has 0 radical (unpaired) electrons. The average Bonchev–Trinajstić information content (AvgIpc) is 2.73. The molecule has 1 aromatic heterocycles. The van der Waals surface area contributed by atoms with Gasteiger partial charge in [0.05, 0.1) is 11.1 Å². The van der Waals surface area contributed by atoms with Crippen molar-refractivity contribution in [3.05, 3.63) is 58.6 Å². The first-order chi connectivity index (χ1) is 8.08. The molecule has 0 aliphatic rings. The Hall–Kier alpha value is -1.32. The van der Waals surface area contributed by atoms with E-state index in [1.807, 2.05) is 16.8 Å². The van der Waals surface area contributed by atoms with Crippen molar-refractivity contribution in [1.82, 2.24) is 4.57 Å². The first kappa shape index (κ1) is 12.1. The zero-order valence-electron chi connectivity index (χ0n) is 9.40. The molecule has 0 fully saturated rings. The molecule has 1 heterocycles. The molecule has 2 nitrogen and oxygen atoms in total. The fourth-order valence-electron chi connectivity index (χ4n) is 1.67. The molecular weight excluding hydrogens is 241 g/mol. The SMILES string of the molecule is CC(O)c1ccn(Cc2cccc(Cl)c2F)c1. The Morgan fingerprint density at radius 1 is 1.41 bits per heavy atom. The number of aromatic nitrogens is 1. The van der Waals surface area contributed by atoms with Crippen LogP contribution in [0.1, 0.15) is 24.2 Å². The van der Waals surface area contributed by atoms with E-state index in [-0.39, 0.29) is 10.8 Å². The topological polar surface area (TPSA) is 25.2 Å². The first-order valence-corrected chi connectivity index (χ1v) is 5.72. The van der Waals surface area contributed by atoms with Gasteiger partial charge < -0.3 is 9.67 Å². The summed E-state index contributed by atoms with van der Waals surface area (Å²) >= 11 is 5.71. The summed E-state index contributed by atoms with van der Waals surface area (Å²) < 4.78 is 15.5. The van der Waals surface area contributed by atoms with Gasteiger partial charge in [-0.15, -0.1) is 0 Å². The minimum Gasteiger partial charge on any atom is -0.389 e. The summed E-state index contributed by atoms with van der Waals surface area (Å²) in [5.74, 6) is -0.388. The highest BCUT2D eigenvalue weighted by Gasteiger charge is 2.08. The molecule has 90 valence electrons. The lowest BCUT2D eigenvalue weighted by Gasteiger charge is -2.06.